The minimum absolute atomic E-state index is 0.0772. The molecule has 2 aliphatic rings. The molecule has 0 unspecified atom stereocenters. The molecule has 0 N–H and O–H groups in total. The van der Waals surface area contributed by atoms with Gasteiger partial charge < -0.3 is 9.80 Å². The summed E-state index contributed by atoms with van der Waals surface area (Å²) in [4.78, 5) is 29.7. The van der Waals surface area contributed by atoms with E-state index in [1.54, 1.807) is 11.8 Å². The van der Waals surface area contributed by atoms with Gasteiger partial charge in [0.15, 0.2) is 0 Å². The highest BCUT2D eigenvalue weighted by Gasteiger charge is 2.34. The molecule has 3 rings (SSSR count). The third-order valence-electron chi connectivity index (χ3n) is 4.36. The van der Waals surface area contributed by atoms with Gasteiger partial charge in [0.1, 0.15) is 0 Å². The van der Waals surface area contributed by atoms with E-state index in [1.807, 2.05) is 40.3 Å². The van der Waals surface area contributed by atoms with Crippen LogP contribution in [0.2, 0.25) is 0 Å². The van der Waals surface area contributed by atoms with Crippen molar-refractivity contribution >= 4 is 23.6 Å². The van der Waals surface area contributed by atoms with E-state index in [1.165, 1.54) is 0 Å². The van der Waals surface area contributed by atoms with Crippen molar-refractivity contribution < 1.29 is 9.59 Å². The van der Waals surface area contributed by atoms with Crippen molar-refractivity contribution in [3.05, 3.63) is 29.8 Å². The van der Waals surface area contributed by atoms with E-state index in [2.05, 4.69) is 0 Å². The first kappa shape index (κ1) is 15.4. The second-order valence-corrected chi connectivity index (χ2v) is 6.85. The first-order valence-electron chi connectivity index (χ1n) is 7.91. The number of hydrogen-bond acceptors (Lipinski definition) is 3. The summed E-state index contributed by atoms with van der Waals surface area (Å²) in [6.45, 7) is 2.83. The standard InChI is InChI=1S/C17H22N2O2S/c1-22-15-7-5-14(6-8-15)17(21)19-10-2-9-18(11-12-19)16(20)13-3-4-13/h5-8,13H,2-4,9-12H2,1H3. The molecular weight excluding hydrogens is 296 g/mol. The first-order chi connectivity index (χ1) is 10.7. The Morgan fingerprint density at radius 1 is 1.00 bits per heavy atom. The van der Waals surface area contributed by atoms with Crippen LogP contribution in [0.1, 0.15) is 29.6 Å². The first-order valence-corrected chi connectivity index (χ1v) is 9.13. The Morgan fingerprint density at radius 2 is 1.64 bits per heavy atom. The van der Waals surface area contributed by atoms with Crippen LogP contribution in [0.4, 0.5) is 0 Å². The fourth-order valence-corrected chi connectivity index (χ4v) is 3.25. The summed E-state index contributed by atoms with van der Waals surface area (Å²) in [7, 11) is 0. The van der Waals surface area contributed by atoms with Gasteiger partial charge in [-0.2, -0.15) is 0 Å². The molecule has 4 nitrogen and oxygen atoms in total. The average molecular weight is 318 g/mol. The van der Waals surface area contributed by atoms with Crippen LogP contribution in [0.3, 0.4) is 0 Å². The van der Waals surface area contributed by atoms with Gasteiger partial charge in [0.25, 0.3) is 5.91 Å². The van der Waals surface area contributed by atoms with Crippen molar-refractivity contribution in [3.8, 4) is 0 Å². The van der Waals surface area contributed by atoms with Crippen LogP contribution >= 0.6 is 11.8 Å². The van der Waals surface area contributed by atoms with Gasteiger partial charge in [-0.15, -0.1) is 11.8 Å². The zero-order valence-electron chi connectivity index (χ0n) is 13.0. The topological polar surface area (TPSA) is 40.6 Å². The SMILES string of the molecule is CSc1ccc(C(=O)N2CCCN(C(=O)C3CC3)CC2)cc1. The van der Waals surface area contributed by atoms with Crippen LogP contribution in [0.25, 0.3) is 0 Å². The van der Waals surface area contributed by atoms with Crippen LogP contribution in [0.15, 0.2) is 29.2 Å². The quantitative estimate of drug-likeness (QED) is 0.804. The van der Waals surface area contributed by atoms with Gasteiger partial charge in [0, 0.05) is 42.6 Å². The fraction of sp³-hybridized carbons (Fsp3) is 0.529. The molecule has 118 valence electrons. The molecule has 1 aliphatic heterocycles. The smallest absolute Gasteiger partial charge is 0.253 e. The summed E-state index contributed by atoms with van der Waals surface area (Å²) in [5.41, 5.74) is 0.736. The highest BCUT2D eigenvalue weighted by Crippen LogP contribution is 2.31. The Balaban J connectivity index is 1.61. The van der Waals surface area contributed by atoms with Gasteiger partial charge in [-0.3, -0.25) is 9.59 Å². The summed E-state index contributed by atoms with van der Waals surface area (Å²) in [6, 6.07) is 7.76. The molecule has 0 bridgehead atoms. The number of thioether (sulfide) groups is 1. The molecule has 1 saturated carbocycles. The summed E-state index contributed by atoms with van der Waals surface area (Å²) < 4.78 is 0. The van der Waals surface area contributed by atoms with Crippen molar-refractivity contribution in [3.63, 3.8) is 0 Å². The second kappa shape index (κ2) is 6.73. The van der Waals surface area contributed by atoms with Crippen molar-refractivity contribution in [2.45, 2.75) is 24.2 Å². The van der Waals surface area contributed by atoms with Crippen LogP contribution in [0, 0.1) is 5.92 Å². The van der Waals surface area contributed by atoms with Gasteiger partial charge in [0.2, 0.25) is 5.91 Å². The summed E-state index contributed by atoms with van der Waals surface area (Å²) in [6.07, 6.45) is 4.98. The fourth-order valence-electron chi connectivity index (χ4n) is 2.85. The zero-order chi connectivity index (χ0) is 15.5. The predicted octanol–water partition coefficient (Wildman–Crippen LogP) is 2.49. The van der Waals surface area contributed by atoms with Crippen molar-refractivity contribution in [2.75, 3.05) is 32.4 Å². The average Bonchev–Trinajstić information content (AvgIpc) is 3.40. The summed E-state index contributed by atoms with van der Waals surface area (Å²) in [5.74, 6) is 0.633. The van der Waals surface area contributed by atoms with Gasteiger partial charge in [-0.05, 0) is 49.8 Å². The molecule has 0 radical (unpaired) electrons. The van der Waals surface area contributed by atoms with Gasteiger partial charge in [-0.1, -0.05) is 0 Å². The van der Waals surface area contributed by atoms with Crippen LogP contribution in [-0.2, 0) is 4.79 Å². The minimum atomic E-state index is 0.0772. The molecule has 2 amide bonds. The summed E-state index contributed by atoms with van der Waals surface area (Å²) >= 11 is 1.67. The molecular formula is C17H22N2O2S. The van der Waals surface area contributed by atoms with E-state index in [-0.39, 0.29) is 11.8 Å². The number of amides is 2. The normalized spacial score (nSPS) is 19.0. The van der Waals surface area contributed by atoms with Gasteiger partial charge in [-0.25, -0.2) is 0 Å². The van der Waals surface area contributed by atoms with Gasteiger partial charge >= 0.3 is 0 Å². The molecule has 2 fully saturated rings. The lowest BCUT2D eigenvalue weighted by molar-refractivity contribution is -0.132. The van der Waals surface area contributed by atoms with Crippen molar-refractivity contribution in [1.29, 1.82) is 0 Å². The van der Waals surface area contributed by atoms with Crippen LogP contribution < -0.4 is 0 Å². The second-order valence-electron chi connectivity index (χ2n) is 5.97. The largest absolute Gasteiger partial charge is 0.341 e. The van der Waals surface area contributed by atoms with Crippen molar-refractivity contribution in [1.82, 2.24) is 9.80 Å². The van der Waals surface area contributed by atoms with E-state index < -0.39 is 0 Å². The van der Waals surface area contributed by atoms with E-state index in [0.29, 0.717) is 19.0 Å². The lowest BCUT2D eigenvalue weighted by Crippen LogP contribution is -2.37. The highest BCUT2D eigenvalue weighted by molar-refractivity contribution is 7.98. The molecule has 1 heterocycles. The Morgan fingerprint density at radius 3 is 2.27 bits per heavy atom. The Hall–Kier alpha value is -1.49. The maximum absolute atomic E-state index is 12.6. The maximum atomic E-state index is 12.6. The molecule has 22 heavy (non-hydrogen) atoms. The van der Waals surface area contributed by atoms with Crippen molar-refractivity contribution in [2.24, 2.45) is 5.92 Å². The monoisotopic (exact) mass is 318 g/mol. The number of nitrogens with zero attached hydrogens (tertiary/aromatic N) is 2. The minimum Gasteiger partial charge on any atom is -0.341 e. The molecule has 1 aliphatic carbocycles. The molecule has 1 saturated heterocycles. The number of hydrogen-bond donors (Lipinski definition) is 0. The van der Waals surface area contributed by atoms with E-state index in [0.717, 1.165) is 42.8 Å². The Bertz CT molecular complexity index is 554. The van der Waals surface area contributed by atoms with E-state index in [4.69, 9.17) is 0 Å². The number of carbonyl (C=O) groups excluding carboxylic acids is 2. The van der Waals surface area contributed by atoms with Crippen LogP contribution in [-0.4, -0.2) is 54.0 Å². The number of benzene rings is 1. The molecule has 1 aromatic carbocycles. The number of carbonyl (C=O) groups is 2. The molecule has 1 aromatic rings. The molecule has 5 heteroatoms. The summed E-state index contributed by atoms with van der Waals surface area (Å²) in [5, 5.41) is 0. The lowest BCUT2D eigenvalue weighted by Gasteiger charge is -2.22. The highest BCUT2D eigenvalue weighted by atomic mass is 32.2. The third-order valence-corrected chi connectivity index (χ3v) is 5.10. The Labute approximate surface area is 135 Å². The van der Waals surface area contributed by atoms with E-state index >= 15 is 0 Å². The van der Waals surface area contributed by atoms with Crippen LogP contribution in [0.5, 0.6) is 0 Å². The Kier molecular flexibility index (Phi) is 4.71. The molecule has 0 spiro atoms. The third kappa shape index (κ3) is 3.46. The molecule has 0 atom stereocenters. The maximum Gasteiger partial charge on any atom is 0.253 e. The number of rotatable bonds is 3. The zero-order valence-corrected chi connectivity index (χ0v) is 13.8. The van der Waals surface area contributed by atoms with Gasteiger partial charge in [0.05, 0.1) is 0 Å². The predicted molar refractivity (Wildman–Crippen MR) is 88.0 cm³/mol. The molecule has 0 aromatic heterocycles. The van der Waals surface area contributed by atoms with E-state index in [9.17, 15) is 9.59 Å². The lowest BCUT2D eigenvalue weighted by atomic mass is 10.2.